The number of aliphatic hydroxyl groups excluding tert-OH is 1. The van der Waals surface area contributed by atoms with E-state index in [1.54, 1.807) is 0 Å². The molecule has 1 aliphatic carbocycles. The van der Waals surface area contributed by atoms with Gasteiger partial charge in [0, 0.05) is 25.4 Å². The first-order valence-corrected chi connectivity index (χ1v) is 9.76. The summed E-state index contributed by atoms with van der Waals surface area (Å²) in [7, 11) is 0. The molecule has 0 heterocycles. The Balaban J connectivity index is 1.79. The van der Waals surface area contributed by atoms with Crippen molar-refractivity contribution in [2.75, 3.05) is 19.7 Å². The van der Waals surface area contributed by atoms with Crippen LogP contribution in [0.3, 0.4) is 0 Å². The maximum atomic E-state index is 12.9. The summed E-state index contributed by atoms with van der Waals surface area (Å²) < 4.78 is 0. The summed E-state index contributed by atoms with van der Waals surface area (Å²) in [6.45, 7) is 1.02. The molecule has 0 atom stereocenters. The second-order valence-electron chi connectivity index (χ2n) is 7.29. The predicted molar refractivity (Wildman–Crippen MR) is 105 cm³/mol. The van der Waals surface area contributed by atoms with Crippen molar-refractivity contribution in [1.82, 2.24) is 4.90 Å². The standard InChI is InChI=1S/C23H29NO2/c25-16-15-24(23(26)17-19-9-7-8-10-19)18-22(20-11-3-1-4-12-20)21-13-5-2-6-14-21/h1-6,11-14,19,22,25H,7-10,15-18H2. The molecule has 26 heavy (non-hydrogen) atoms. The topological polar surface area (TPSA) is 40.5 Å². The van der Waals surface area contributed by atoms with E-state index in [1.807, 2.05) is 41.3 Å². The Bertz CT molecular complexity index is 626. The van der Waals surface area contributed by atoms with Crippen LogP contribution >= 0.6 is 0 Å². The van der Waals surface area contributed by atoms with Crippen molar-refractivity contribution in [2.45, 2.75) is 38.0 Å². The summed E-state index contributed by atoms with van der Waals surface area (Å²) in [5, 5.41) is 9.51. The number of hydrogen-bond acceptors (Lipinski definition) is 2. The number of carbonyl (C=O) groups excluding carboxylic acids is 1. The van der Waals surface area contributed by atoms with Crippen molar-refractivity contribution in [1.29, 1.82) is 0 Å². The van der Waals surface area contributed by atoms with E-state index < -0.39 is 0 Å². The molecule has 3 heteroatoms. The summed E-state index contributed by atoms with van der Waals surface area (Å²) in [6, 6.07) is 20.7. The van der Waals surface area contributed by atoms with Crippen LogP contribution in [-0.2, 0) is 4.79 Å². The third-order valence-corrected chi connectivity index (χ3v) is 5.47. The van der Waals surface area contributed by atoms with Crippen LogP contribution in [0.4, 0.5) is 0 Å². The third-order valence-electron chi connectivity index (χ3n) is 5.47. The molecule has 1 saturated carbocycles. The third kappa shape index (κ3) is 4.95. The van der Waals surface area contributed by atoms with Gasteiger partial charge in [-0.15, -0.1) is 0 Å². The number of nitrogens with zero attached hydrogens (tertiary/aromatic N) is 1. The average molecular weight is 351 g/mol. The first kappa shape index (κ1) is 18.7. The SMILES string of the molecule is O=C(CC1CCCC1)N(CCO)CC(c1ccccc1)c1ccccc1. The fraction of sp³-hybridized carbons (Fsp3) is 0.435. The molecule has 2 aromatic carbocycles. The van der Waals surface area contributed by atoms with E-state index in [0.717, 1.165) is 0 Å². The van der Waals surface area contributed by atoms with E-state index in [-0.39, 0.29) is 18.4 Å². The van der Waals surface area contributed by atoms with Gasteiger partial charge in [-0.25, -0.2) is 0 Å². The van der Waals surface area contributed by atoms with Crippen LogP contribution in [0.5, 0.6) is 0 Å². The monoisotopic (exact) mass is 351 g/mol. The van der Waals surface area contributed by atoms with E-state index in [2.05, 4.69) is 24.3 Å². The zero-order valence-corrected chi connectivity index (χ0v) is 15.4. The average Bonchev–Trinajstić information content (AvgIpc) is 3.19. The fourth-order valence-electron chi connectivity index (χ4n) is 4.02. The Hall–Kier alpha value is -2.13. The first-order chi connectivity index (χ1) is 12.8. The van der Waals surface area contributed by atoms with Gasteiger partial charge in [0.15, 0.2) is 0 Å². The van der Waals surface area contributed by atoms with Crippen molar-refractivity contribution < 1.29 is 9.90 Å². The minimum atomic E-state index is 0.00665. The van der Waals surface area contributed by atoms with E-state index in [9.17, 15) is 9.90 Å². The lowest BCUT2D eigenvalue weighted by Crippen LogP contribution is -2.38. The van der Waals surface area contributed by atoms with Crippen molar-refractivity contribution in [3.63, 3.8) is 0 Å². The van der Waals surface area contributed by atoms with Crippen molar-refractivity contribution in [3.05, 3.63) is 71.8 Å². The van der Waals surface area contributed by atoms with E-state index in [0.29, 0.717) is 25.4 Å². The zero-order chi connectivity index (χ0) is 18.2. The molecule has 3 rings (SSSR count). The summed E-state index contributed by atoms with van der Waals surface area (Å²) in [5.74, 6) is 0.829. The lowest BCUT2D eigenvalue weighted by molar-refractivity contribution is -0.132. The van der Waals surface area contributed by atoms with Gasteiger partial charge in [-0.05, 0) is 29.9 Å². The second-order valence-corrected chi connectivity index (χ2v) is 7.29. The quantitative estimate of drug-likeness (QED) is 0.773. The number of aliphatic hydroxyl groups is 1. The van der Waals surface area contributed by atoms with Gasteiger partial charge in [-0.3, -0.25) is 4.79 Å². The van der Waals surface area contributed by atoms with E-state index in [4.69, 9.17) is 0 Å². The molecule has 0 saturated heterocycles. The van der Waals surface area contributed by atoms with Crippen LogP contribution in [-0.4, -0.2) is 35.6 Å². The summed E-state index contributed by atoms with van der Waals surface area (Å²) in [4.78, 5) is 14.8. The minimum absolute atomic E-state index is 0.00665. The van der Waals surface area contributed by atoms with Crippen molar-refractivity contribution >= 4 is 5.91 Å². The largest absolute Gasteiger partial charge is 0.395 e. The molecule has 1 amide bonds. The second kappa shape index (κ2) is 9.54. The minimum Gasteiger partial charge on any atom is -0.395 e. The van der Waals surface area contributed by atoms with Gasteiger partial charge in [-0.2, -0.15) is 0 Å². The fourth-order valence-corrected chi connectivity index (χ4v) is 4.02. The number of benzene rings is 2. The van der Waals surface area contributed by atoms with Crippen molar-refractivity contribution in [2.24, 2.45) is 5.92 Å². The smallest absolute Gasteiger partial charge is 0.222 e. The van der Waals surface area contributed by atoms with Crippen LogP contribution < -0.4 is 0 Å². The normalized spacial score (nSPS) is 14.7. The Morgan fingerprint density at radius 1 is 0.962 bits per heavy atom. The molecule has 0 radical (unpaired) electrons. The molecule has 3 nitrogen and oxygen atoms in total. The van der Waals surface area contributed by atoms with Crippen LogP contribution in [0.25, 0.3) is 0 Å². The van der Waals surface area contributed by atoms with Gasteiger partial charge in [-0.1, -0.05) is 73.5 Å². The Labute approximate surface area is 156 Å². The highest BCUT2D eigenvalue weighted by molar-refractivity contribution is 5.76. The van der Waals surface area contributed by atoms with E-state index in [1.165, 1.54) is 36.8 Å². The number of amides is 1. The van der Waals surface area contributed by atoms with Crippen LogP contribution in [0.2, 0.25) is 0 Å². The highest BCUT2D eigenvalue weighted by atomic mass is 16.3. The van der Waals surface area contributed by atoms with Gasteiger partial charge in [0.1, 0.15) is 0 Å². The highest BCUT2D eigenvalue weighted by Gasteiger charge is 2.25. The van der Waals surface area contributed by atoms with Gasteiger partial charge in [0.25, 0.3) is 0 Å². The zero-order valence-electron chi connectivity index (χ0n) is 15.4. The molecule has 0 aliphatic heterocycles. The Morgan fingerprint density at radius 2 is 1.50 bits per heavy atom. The summed E-state index contributed by atoms with van der Waals surface area (Å²) in [5.41, 5.74) is 2.41. The molecular weight excluding hydrogens is 322 g/mol. The Morgan fingerprint density at radius 3 is 2.00 bits per heavy atom. The van der Waals surface area contributed by atoms with E-state index >= 15 is 0 Å². The van der Waals surface area contributed by atoms with Gasteiger partial charge < -0.3 is 10.0 Å². The molecule has 0 spiro atoms. The molecule has 0 bridgehead atoms. The molecule has 0 aromatic heterocycles. The molecule has 2 aromatic rings. The number of rotatable bonds is 8. The molecule has 1 fully saturated rings. The maximum Gasteiger partial charge on any atom is 0.222 e. The molecule has 1 N–H and O–H groups in total. The van der Waals surface area contributed by atoms with Crippen LogP contribution in [0, 0.1) is 5.92 Å². The summed E-state index contributed by atoms with van der Waals surface area (Å²) in [6.07, 6.45) is 5.44. The van der Waals surface area contributed by atoms with Crippen molar-refractivity contribution in [3.8, 4) is 0 Å². The van der Waals surface area contributed by atoms with Gasteiger partial charge >= 0.3 is 0 Å². The molecular formula is C23H29NO2. The molecule has 1 aliphatic rings. The molecule has 0 unspecified atom stereocenters. The Kier molecular flexibility index (Phi) is 6.84. The summed E-state index contributed by atoms with van der Waals surface area (Å²) >= 11 is 0. The highest BCUT2D eigenvalue weighted by Crippen LogP contribution is 2.30. The maximum absolute atomic E-state index is 12.9. The van der Waals surface area contributed by atoms with Gasteiger partial charge in [0.2, 0.25) is 5.91 Å². The number of carbonyl (C=O) groups is 1. The predicted octanol–water partition coefficient (Wildman–Crippen LogP) is 4.22. The molecule has 138 valence electrons. The lowest BCUT2D eigenvalue weighted by atomic mass is 9.90. The first-order valence-electron chi connectivity index (χ1n) is 9.76. The van der Waals surface area contributed by atoms with Crippen LogP contribution in [0.15, 0.2) is 60.7 Å². The van der Waals surface area contributed by atoms with Gasteiger partial charge in [0.05, 0.1) is 6.61 Å². The van der Waals surface area contributed by atoms with Crippen LogP contribution in [0.1, 0.15) is 49.1 Å². The lowest BCUT2D eigenvalue weighted by Gasteiger charge is -2.29. The number of hydrogen-bond donors (Lipinski definition) is 1.